The standard InChI is InChI=1S/C13H19ClN2O2/c1-2-12(10-3-5-11(14)6-4-10)16-13(17)9-18-8-7-15/h3-6,12H,2,7-9,15H2,1H3,(H,16,17). The molecule has 0 fully saturated rings. The number of halogens is 1. The molecule has 0 aromatic heterocycles. The van der Waals surface area contributed by atoms with Crippen LogP contribution < -0.4 is 11.1 Å². The van der Waals surface area contributed by atoms with Gasteiger partial charge in [-0.1, -0.05) is 30.7 Å². The van der Waals surface area contributed by atoms with Crippen LogP contribution in [-0.2, 0) is 9.53 Å². The van der Waals surface area contributed by atoms with Crippen molar-refractivity contribution in [3.05, 3.63) is 34.9 Å². The van der Waals surface area contributed by atoms with Gasteiger partial charge >= 0.3 is 0 Å². The summed E-state index contributed by atoms with van der Waals surface area (Å²) in [7, 11) is 0. The highest BCUT2D eigenvalue weighted by atomic mass is 35.5. The van der Waals surface area contributed by atoms with E-state index in [1.165, 1.54) is 0 Å². The predicted octanol–water partition coefficient (Wildman–Crippen LogP) is 1.88. The van der Waals surface area contributed by atoms with Crippen molar-refractivity contribution in [2.24, 2.45) is 5.73 Å². The highest BCUT2D eigenvalue weighted by molar-refractivity contribution is 6.30. The van der Waals surface area contributed by atoms with E-state index >= 15 is 0 Å². The second-order valence-corrected chi connectivity index (χ2v) is 4.36. The number of hydrogen-bond donors (Lipinski definition) is 2. The molecular formula is C13H19ClN2O2. The van der Waals surface area contributed by atoms with Gasteiger partial charge in [-0.2, -0.15) is 0 Å². The summed E-state index contributed by atoms with van der Waals surface area (Å²) >= 11 is 5.83. The molecule has 0 saturated carbocycles. The molecule has 0 saturated heterocycles. The van der Waals surface area contributed by atoms with Crippen molar-refractivity contribution in [3.8, 4) is 0 Å². The molecule has 4 nitrogen and oxygen atoms in total. The van der Waals surface area contributed by atoms with E-state index < -0.39 is 0 Å². The molecular weight excluding hydrogens is 252 g/mol. The van der Waals surface area contributed by atoms with Crippen molar-refractivity contribution in [2.45, 2.75) is 19.4 Å². The number of carbonyl (C=O) groups excluding carboxylic acids is 1. The van der Waals surface area contributed by atoms with E-state index in [4.69, 9.17) is 22.1 Å². The van der Waals surface area contributed by atoms with Crippen LogP contribution >= 0.6 is 11.6 Å². The second-order valence-electron chi connectivity index (χ2n) is 3.92. The summed E-state index contributed by atoms with van der Waals surface area (Å²) in [6.07, 6.45) is 0.810. The fourth-order valence-electron chi connectivity index (χ4n) is 1.60. The first kappa shape index (κ1) is 15.0. The second kappa shape index (κ2) is 8.08. The molecule has 5 heteroatoms. The Morgan fingerprint density at radius 2 is 2.11 bits per heavy atom. The first-order chi connectivity index (χ1) is 8.67. The molecule has 0 aliphatic heterocycles. The average molecular weight is 271 g/mol. The lowest BCUT2D eigenvalue weighted by Gasteiger charge is -2.17. The Kier molecular flexibility index (Phi) is 6.72. The van der Waals surface area contributed by atoms with Gasteiger partial charge in [-0.25, -0.2) is 0 Å². The summed E-state index contributed by atoms with van der Waals surface area (Å²) in [4.78, 5) is 11.6. The van der Waals surface area contributed by atoms with E-state index in [0.29, 0.717) is 18.2 Å². The number of amides is 1. The lowest BCUT2D eigenvalue weighted by Crippen LogP contribution is -2.32. The van der Waals surface area contributed by atoms with Gasteiger partial charge in [0.05, 0.1) is 12.6 Å². The largest absolute Gasteiger partial charge is 0.370 e. The molecule has 0 radical (unpaired) electrons. The molecule has 18 heavy (non-hydrogen) atoms. The van der Waals surface area contributed by atoms with Crippen LogP contribution in [0.1, 0.15) is 24.9 Å². The molecule has 1 aromatic rings. The molecule has 1 atom stereocenters. The minimum atomic E-state index is -0.134. The van der Waals surface area contributed by atoms with Crippen molar-refractivity contribution >= 4 is 17.5 Å². The summed E-state index contributed by atoms with van der Waals surface area (Å²) in [5, 5.41) is 3.60. The first-order valence-corrected chi connectivity index (χ1v) is 6.37. The van der Waals surface area contributed by atoms with Gasteiger partial charge in [-0.3, -0.25) is 4.79 Å². The lowest BCUT2D eigenvalue weighted by atomic mass is 10.0. The lowest BCUT2D eigenvalue weighted by molar-refractivity contribution is -0.126. The number of benzene rings is 1. The predicted molar refractivity (Wildman–Crippen MR) is 72.5 cm³/mol. The Bertz CT molecular complexity index is 368. The Morgan fingerprint density at radius 3 is 2.67 bits per heavy atom. The Morgan fingerprint density at radius 1 is 1.44 bits per heavy atom. The van der Waals surface area contributed by atoms with Gasteiger partial charge in [0.2, 0.25) is 5.91 Å². The summed E-state index contributed by atoms with van der Waals surface area (Å²) in [5.74, 6) is -0.134. The van der Waals surface area contributed by atoms with E-state index in [1.807, 2.05) is 31.2 Å². The van der Waals surface area contributed by atoms with Gasteiger partial charge in [-0.05, 0) is 24.1 Å². The summed E-state index contributed by atoms with van der Waals surface area (Å²) in [6.45, 7) is 2.87. The van der Waals surface area contributed by atoms with Crippen molar-refractivity contribution in [1.29, 1.82) is 0 Å². The third-order valence-electron chi connectivity index (χ3n) is 2.51. The highest BCUT2D eigenvalue weighted by Gasteiger charge is 2.12. The molecule has 0 spiro atoms. The number of rotatable bonds is 7. The van der Waals surface area contributed by atoms with Crippen LogP contribution in [-0.4, -0.2) is 25.7 Å². The van der Waals surface area contributed by atoms with E-state index in [2.05, 4.69) is 5.32 Å². The quantitative estimate of drug-likeness (QED) is 0.744. The summed E-state index contributed by atoms with van der Waals surface area (Å²) in [6, 6.07) is 7.44. The minimum absolute atomic E-state index is 0.0174. The fourth-order valence-corrected chi connectivity index (χ4v) is 1.73. The molecule has 0 aliphatic carbocycles. The zero-order valence-corrected chi connectivity index (χ0v) is 11.2. The zero-order chi connectivity index (χ0) is 13.4. The van der Waals surface area contributed by atoms with Crippen LogP contribution in [0.15, 0.2) is 24.3 Å². The van der Waals surface area contributed by atoms with Crippen molar-refractivity contribution in [2.75, 3.05) is 19.8 Å². The topological polar surface area (TPSA) is 64.3 Å². The third kappa shape index (κ3) is 5.04. The van der Waals surface area contributed by atoms with Gasteiger partial charge in [0.15, 0.2) is 0 Å². The van der Waals surface area contributed by atoms with Crippen LogP contribution in [0.4, 0.5) is 0 Å². The number of carbonyl (C=O) groups is 1. The normalized spacial score (nSPS) is 12.2. The van der Waals surface area contributed by atoms with Crippen LogP contribution in [0.5, 0.6) is 0 Å². The SMILES string of the molecule is CCC(NC(=O)COCCN)c1ccc(Cl)cc1. The van der Waals surface area contributed by atoms with Crippen LogP contribution in [0.2, 0.25) is 5.02 Å². The van der Waals surface area contributed by atoms with E-state index in [1.54, 1.807) is 0 Å². The minimum Gasteiger partial charge on any atom is -0.370 e. The molecule has 0 bridgehead atoms. The van der Waals surface area contributed by atoms with Gasteiger partial charge < -0.3 is 15.8 Å². The van der Waals surface area contributed by atoms with Crippen LogP contribution in [0.3, 0.4) is 0 Å². The Balaban J connectivity index is 2.51. The summed E-state index contributed by atoms with van der Waals surface area (Å²) < 4.78 is 5.09. The molecule has 1 rings (SSSR count). The number of nitrogens with one attached hydrogen (secondary N) is 1. The first-order valence-electron chi connectivity index (χ1n) is 6.00. The molecule has 1 unspecified atom stereocenters. The molecule has 1 amide bonds. The maximum atomic E-state index is 11.6. The van der Waals surface area contributed by atoms with Crippen molar-refractivity contribution in [1.82, 2.24) is 5.32 Å². The Labute approximate surface area is 112 Å². The van der Waals surface area contributed by atoms with Gasteiger partial charge in [0.25, 0.3) is 0 Å². The van der Waals surface area contributed by atoms with Crippen LogP contribution in [0.25, 0.3) is 0 Å². The van der Waals surface area contributed by atoms with Gasteiger partial charge in [0, 0.05) is 11.6 Å². The monoisotopic (exact) mass is 270 g/mol. The molecule has 100 valence electrons. The van der Waals surface area contributed by atoms with E-state index in [0.717, 1.165) is 12.0 Å². The Hall–Kier alpha value is -1.10. The third-order valence-corrected chi connectivity index (χ3v) is 2.76. The van der Waals surface area contributed by atoms with E-state index in [-0.39, 0.29) is 18.6 Å². The molecule has 1 aromatic carbocycles. The highest BCUT2D eigenvalue weighted by Crippen LogP contribution is 2.18. The fraction of sp³-hybridized carbons (Fsp3) is 0.462. The van der Waals surface area contributed by atoms with Crippen molar-refractivity contribution < 1.29 is 9.53 Å². The zero-order valence-electron chi connectivity index (χ0n) is 10.5. The molecule has 0 heterocycles. The number of hydrogen-bond acceptors (Lipinski definition) is 3. The smallest absolute Gasteiger partial charge is 0.246 e. The average Bonchev–Trinajstić information content (AvgIpc) is 2.37. The molecule has 3 N–H and O–H groups in total. The number of ether oxygens (including phenoxy) is 1. The maximum Gasteiger partial charge on any atom is 0.246 e. The summed E-state index contributed by atoms with van der Waals surface area (Å²) in [5.41, 5.74) is 6.31. The van der Waals surface area contributed by atoms with Crippen LogP contribution in [0, 0.1) is 0 Å². The van der Waals surface area contributed by atoms with Gasteiger partial charge in [0.1, 0.15) is 6.61 Å². The van der Waals surface area contributed by atoms with E-state index in [9.17, 15) is 4.79 Å². The van der Waals surface area contributed by atoms with Crippen molar-refractivity contribution in [3.63, 3.8) is 0 Å². The number of nitrogens with two attached hydrogens (primary N) is 1. The maximum absolute atomic E-state index is 11.6. The van der Waals surface area contributed by atoms with Gasteiger partial charge in [-0.15, -0.1) is 0 Å². The molecule has 0 aliphatic rings.